The molecule has 1 fully saturated rings. The van der Waals surface area contributed by atoms with Crippen molar-refractivity contribution >= 4 is 5.97 Å². The lowest BCUT2D eigenvalue weighted by Gasteiger charge is -2.44. The smallest absolute Gasteiger partial charge is 0.335 e. The molecule has 2 rings (SSSR count). The van der Waals surface area contributed by atoms with Crippen LogP contribution < -0.4 is 0 Å². The summed E-state index contributed by atoms with van der Waals surface area (Å²) in [6, 6.07) is 7.18. The van der Waals surface area contributed by atoms with Crippen LogP contribution in [-0.4, -0.2) is 41.3 Å². The van der Waals surface area contributed by atoms with E-state index in [0.717, 1.165) is 38.3 Å². The Morgan fingerprint density at radius 1 is 1.53 bits per heavy atom. The van der Waals surface area contributed by atoms with Gasteiger partial charge < -0.3 is 9.84 Å². The molecule has 1 aromatic rings. The van der Waals surface area contributed by atoms with Crippen LogP contribution in [0.4, 0.5) is 0 Å². The maximum atomic E-state index is 11.0. The van der Waals surface area contributed by atoms with Crippen LogP contribution >= 0.6 is 0 Å². The third-order valence-corrected chi connectivity index (χ3v) is 3.99. The predicted octanol–water partition coefficient (Wildman–Crippen LogP) is 2.39. The molecule has 1 unspecified atom stereocenters. The van der Waals surface area contributed by atoms with Crippen LogP contribution in [0.15, 0.2) is 24.3 Å². The number of carboxylic acids is 1. The second kappa shape index (κ2) is 5.72. The van der Waals surface area contributed by atoms with E-state index >= 15 is 0 Å². The van der Waals surface area contributed by atoms with Gasteiger partial charge in [0.1, 0.15) is 0 Å². The van der Waals surface area contributed by atoms with Crippen molar-refractivity contribution in [3.8, 4) is 0 Å². The lowest BCUT2D eigenvalue weighted by Crippen LogP contribution is -2.53. The first kappa shape index (κ1) is 14.0. The summed E-state index contributed by atoms with van der Waals surface area (Å²) in [7, 11) is 0. The van der Waals surface area contributed by atoms with Gasteiger partial charge in [-0.1, -0.05) is 19.1 Å². The Morgan fingerprint density at radius 3 is 3.00 bits per heavy atom. The van der Waals surface area contributed by atoms with Gasteiger partial charge in [-0.25, -0.2) is 4.79 Å². The minimum absolute atomic E-state index is 0.0392. The third kappa shape index (κ3) is 3.14. The van der Waals surface area contributed by atoms with Crippen LogP contribution in [0.3, 0.4) is 0 Å². The number of aromatic carboxylic acids is 1. The van der Waals surface area contributed by atoms with Gasteiger partial charge in [-0.2, -0.15) is 0 Å². The van der Waals surface area contributed by atoms with Crippen molar-refractivity contribution in [2.45, 2.75) is 32.4 Å². The Bertz CT molecular complexity index is 460. The number of ether oxygens (including phenoxy) is 1. The van der Waals surface area contributed by atoms with Crippen LogP contribution in [0.5, 0.6) is 0 Å². The Balaban J connectivity index is 2.15. The van der Waals surface area contributed by atoms with E-state index in [1.165, 1.54) is 0 Å². The summed E-state index contributed by atoms with van der Waals surface area (Å²) in [6.45, 7) is 7.51. The van der Waals surface area contributed by atoms with Crippen molar-refractivity contribution < 1.29 is 14.6 Å². The SMILES string of the molecule is CCC1(C)COCCN1Cc1cccc(C(=O)O)c1. The third-order valence-electron chi connectivity index (χ3n) is 3.99. The maximum Gasteiger partial charge on any atom is 0.335 e. The van der Waals surface area contributed by atoms with E-state index in [-0.39, 0.29) is 5.54 Å². The Morgan fingerprint density at radius 2 is 2.32 bits per heavy atom. The van der Waals surface area contributed by atoms with Gasteiger partial charge in [0.05, 0.1) is 18.8 Å². The molecule has 0 spiro atoms. The van der Waals surface area contributed by atoms with E-state index < -0.39 is 5.97 Å². The fourth-order valence-corrected chi connectivity index (χ4v) is 2.45. The first-order valence-corrected chi connectivity index (χ1v) is 6.70. The van der Waals surface area contributed by atoms with E-state index in [4.69, 9.17) is 9.84 Å². The van der Waals surface area contributed by atoms with Gasteiger partial charge in [0.15, 0.2) is 0 Å². The minimum Gasteiger partial charge on any atom is -0.478 e. The van der Waals surface area contributed by atoms with Crippen LogP contribution in [0.2, 0.25) is 0 Å². The molecule has 4 heteroatoms. The Labute approximate surface area is 114 Å². The zero-order chi connectivity index (χ0) is 13.9. The van der Waals surface area contributed by atoms with E-state index in [0.29, 0.717) is 5.56 Å². The molecule has 1 heterocycles. The molecule has 1 aliphatic rings. The van der Waals surface area contributed by atoms with Crippen molar-refractivity contribution in [3.05, 3.63) is 35.4 Å². The van der Waals surface area contributed by atoms with E-state index in [1.807, 2.05) is 12.1 Å². The highest BCUT2D eigenvalue weighted by Gasteiger charge is 2.33. The molecule has 104 valence electrons. The monoisotopic (exact) mass is 263 g/mol. The minimum atomic E-state index is -0.873. The fraction of sp³-hybridized carbons (Fsp3) is 0.533. The second-order valence-corrected chi connectivity index (χ2v) is 5.33. The molecule has 1 saturated heterocycles. The van der Waals surface area contributed by atoms with Gasteiger partial charge in [-0.3, -0.25) is 4.90 Å². The van der Waals surface area contributed by atoms with Crippen molar-refractivity contribution in [1.29, 1.82) is 0 Å². The Kier molecular flexibility index (Phi) is 4.22. The molecule has 1 aromatic carbocycles. The first-order valence-electron chi connectivity index (χ1n) is 6.70. The number of carboxylic acid groups (broad SMARTS) is 1. The van der Waals surface area contributed by atoms with Crippen molar-refractivity contribution in [1.82, 2.24) is 4.90 Å². The molecule has 1 N–H and O–H groups in total. The number of nitrogens with zero attached hydrogens (tertiary/aromatic N) is 1. The molecule has 1 atom stereocenters. The molecular weight excluding hydrogens is 242 g/mol. The van der Waals surface area contributed by atoms with Crippen LogP contribution in [0.25, 0.3) is 0 Å². The molecule has 0 bridgehead atoms. The van der Waals surface area contributed by atoms with Crippen molar-refractivity contribution in [2.75, 3.05) is 19.8 Å². The number of rotatable bonds is 4. The molecule has 4 nitrogen and oxygen atoms in total. The lowest BCUT2D eigenvalue weighted by molar-refractivity contribution is -0.0661. The fourth-order valence-electron chi connectivity index (χ4n) is 2.45. The highest BCUT2D eigenvalue weighted by Crippen LogP contribution is 2.25. The predicted molar refractivity (Wildman–Crippen MR) is 73.3 cm³/mol. The van der Waals surface area contributed by atoms with E-state index in [2.05, 4.69) is 18.7 Å². The van der Waals surface area contributed by atoms with E-state index in [1.54, 1.807) is 12.1 Å². The largest absolute Gasteiger partial charge is 0.478 e. The average Bonchev–Trinajstić information content (AvgIpc) is 2.42. The zero-order valence-corrected chi connectivity index (χ0v) is 11.6. The summed E-state index contributed by atoms with van der Waals surface area (Å²) in [6.07, 6.45) is 1.02. The number of hydrogen-bond acceptors (Lipinski definition) is 3. The van der Waals surface area contributed by atoms with Crippen molar-refractivity contribution in [3.63, 3.8) is 0 Å². The summed E-state index contributed by atoms with van der Waals surface area (Å²) in [5.74, 6) is -0.873. The molecule has 0 radical (unpaired) electrons. The van der Waals surface area contributed by atoms with Crippen LogP contribution in [0, 0.1) is 0 Å². The highest BCUT2D eigenvalue weighted by atomic mass is 16.5. The standard InChI is InChI=1S/C15H21NO3/c1-3-15(2)11-19-8-7-16(15)10-12-5-4-6-13(9-12)14(17)18/h4-6,9H,3,7-8,10-11H2,1-2H3,(H,17,18). The molecule has 0 saturated carbocycles. The highest BCUT2D eigenvalue weighted by molar-refractivity contribution is 5.87. The number of hydrogen-bond donors (Lipinski definition) is 1. The zero-order valence-electron chi connectivity index (χ0n) is 11.6. The topological polar surface area (TPSA) is 49.8 Å². The van der Waals surface area contributed by atoms with Gasteiger partial charge in [0.25, 0.3) is 0 Å². The summed E-state index contributed by atoms with van der Waals surface area (Å²) in [4.78, 5) is 13.4. The molecule has 0 amide bonds. The van der Waals surface area contributed by atoms with Gasteiger partial charge in [-0.05, 0) is 31.0 Å². The summed E-state index contributed by atoms with van der Waals surface area (Å²) in [5, 5.41) is 9.03. The first-order chi connectivity index (χ1) is 9.05. The van der Waals surface area contributed by atoms with E-state index in [9.17, 15) is 4.79 Å². The van der Waals surface area contributed by atoms with Gasteiger partial charge >= 0.3 is 5.97 Å². The summed E-state index contributed by atoms with van der Waals surface area (Å²) >= 11 is 0. The van der Waals surface area contributed by atoms with Gasteiger partial charge in [-0.15, -0.1) is 0 Å². The molecular formula is C15H21NO3. The van der Waals surface area contributed by atoms with Crippen LogP contribution in [0.1, 0.15) is 36.2 Å². The van der Waals surface area contributed by atoms with Gasteiger partial charge in [0.2, 0.25) is 0 Å². The summed E-state index contributed by atoms with van der Waals surface area (Å²) < 4.78 is 5.57. The molecule has 1 aliphatic heterocycles. The van der Waals surface area contributed by atoms with Crippen LogP contribution in [-0.2, 0) is 11.3 Å². The number of benzene rings is 1. The molecule has 0 aliphatic carbocycles. The normalized spacial score (nSPS) is 24.3. The lowest BCUT2D eigenvalue weighted by atomic mass is 9.95. The maximum absolute atomic E-state index is 11.0. The molecule has 19 heavy (non-hydrogen) atoms. The van der Waals surface area contributed by atoms with Gasteiger partial charge in [0, 0.05) is 18.6 Å². The number of carbonyl (C=O) groups is 1. The second-order valence-electron chi connectivity index (χ2n) is 5.33. The van der Waals surface area contributed by atoms with Crippen molar-refractivity contribution in [2.24, 2.45) is 0 Å². The quantitative estimate of drug-likeness (QED) is 0.906. The summed E-state index contributed by atoms with van der Waals surface area (Å²) in [5.41, 5.74) is 1.43. The average molecular weight is 263 g/mol. The Hall–Kier alpha value is -1.39. The molecule has 0 aromatic heterocycles. The number of morpholine rings is 1.